The number of benzene rings is 1. The monoisotopic (exact) mass is 431 g/mol. The number of alkyl halides is 2. The molecule has 0 aliphatic carbocycles. The van der Waals surface area contributed by atoms with Crippen LogP contribution in [0.4, 0.5) is 17.6 Å². The first-order valence-electron chi connectivity index (χ1n) is 7.12. The average molecular weight is 432 g/mol. The second-order valence-electron chi connectivity index (χ2n) is 5.43. The standard InChI is InChI=1S/C15H10BrF4N5O/c16-9-1-4-13(21-6-9)15(19,20)14(26,7-25-8-22-23-24-25)11-5-10(17)2-3-12(11)18/h1-6,8,26H,7H2. The number of tetrazole rings is 1. The SMILES string of the molecule is OC(Cn1cnnn1)(c1cc(F)ccc1F)C(F)(F)c1ccc(Br)cn1. The molecule has 26 heavy (non-hydrogen) atoms. The Morgan fingerprint density at radius 2 is 1.92 bits per heavy atom. The maximum atomic E-state index is 15.2. The summed E-state index contributed by atoms with van der Waals surface area (Å²) in [5.74, 6) is -6.30. The molecule has 0 amide bonds. The molecule has 3 rings (SSSR count). The number of hydrogen-bond donors (Lipinski definition) is 1. The third-order valence-corrected chi connectivity index (χ3v) is 4.19. The summed E-state index contributed by atoms with van der Waals surface area (Å²) in [7, 11) is 0. The molecular formula is C15H10BrF4N5O. The molecule has 0 spiro atoms. The van der Waals surface area contributed by atoms with E-state index in [1.54, 1.807) is 0 Å². The predicted molar refractivity (Wildman–Crippen MR) is 83.9 cm³/mol. The maximum Gasteiger partial charge on any atom is 0.323 e. The van der Waals surface area contributed by atoms with E-state index in [1.807, 2.05) is 0 Å². The van der Waals surface area contributed by atoms with Crippen molar-refractivity contribution in [2.45, 2.75) is 18.1 Å². The van der Waals surface area contributed by atoms with Crippen molar-refractivity contribution in [2.24, 2.45) is 0 Å². The fraction of sp³-hybridized carbons (Fsp3) is 0.200. The van der Waals surface area contributed by atoms with Gasteiger partial charge in [-0.3, -0.25) is 4.98 Å². The van der Waals surface area contributed by atoms with Gasteiger partial charge in [-0.15, -0.1) is 5.10 Å². The molecule has 3 aromatic rings. The highest BCUT2D eigenvalue weighted by atomic mass is 79.9. The van der Waals surface area contributed by atoms with E-state index in [2.05, 4.69) is 36.4 Å². The summed E-state index contributed by atoms with van der Waals surface area (Å²) in [5.41, 5.74) is -4.99. The van der Waals surface area contributed by atoms with Crippen molar-refractivity contribution in [3.8, 4) is 0 Å². The molecule has 1 unspecified atom stereocenters. The van der Waals surface area contributed by atoms with Crippen molar-refractivity contribution >= 4 is 15.9 Å². The van der Waals surface area contributed by atoms with Crippen LogP contribution in [0.5, 0.6) is 0 Å². The lowest BCUT2D eigenvalue weighted by Crippen LogP contribution is -2.48. The molecule has 0 aliphatic rings. The van der Waals surface area contributed by atoms with Crippen LogP contribution in [-0.2, 0) is 18.1 Å². The Morgan fingerprint density at radius 1 is 1.15 bits per heavy atom. The number of aromatic nitrogens is 5. The van der Waals surface area contributed by atoms with Crippen molar-refractivity contribution in [1.82, 2.24) is 25.2 Å². The molecule has 2 aromatic heterocycles. The first-order chi connectivity index (χ1) is 12.2. The molecule has 0 fully saturated rings. The maximum absolute atomic E-state index is 15.2. The first-order valence-corrected chi connectivity index (χ1v) is 7.92. The molecule has 0 bridgehead atoms. The van der Waals surface area contributed by atoms with Crippen molar-refractivity contribution in [2.75, 3.05) is 0 Å². The molecule has 136 valence electrons. The van der Waals surface area contributed by atoms with Gasteiger partial charge in [0.05, 0.1) is 6.54 Å². The van der Waals surface area contributed by atoms with E-state index in [9.17, 15) is 13.9 Å². The first kappa shape index (κ1) is 18.4. The molecule has 0 saturated heterocycles. The molecule has 1 N–H and O–H groups in total. The number of halogens is 5. The summed E-state index contributed by atoms with van der Waals surface area (Å²) < 4.78 is 59.5. The van der Waals surface area contributed by atoms with Gasteiger partial charge < -0.3 is 5.11 Å². The second kappa shape index (κ2) is 6.72. The van der Waals surface area contributed by atoms with Crippen molar-refractivity contribution < 1.29 is 22.7 Å². The minimum atomic E-state index is -4.10. The van der Waals surface area contributed by atoms with Gasteiger partial charge in [-0.05, 0) is 56.7 Å². The average Bonchev–Trinajstić information content (AvgIpc) is 3.10. The topological polar surface area (TPSA) is 76.7 Å². The molecule has 6 nitrogen and oxygen atoms in total. The van der Waals surface area contributed by atoms with Crippen LogP contribution < -0.4 is 0 Å². The Morgan fingerprint density at radius 3 is 2.54 bits per heavy atom. The van der Waals surface area contributed by atoms with E-state index in [1.165, 1.54) is 6.07 Å². The molecular weight excluding hydrogens is 422 g/mol. The molecule has 1 atom stereocenters. The van der Waals surface area contributed by atoms with Crippen LogP contribution in [0.15, 0.2) is 47.3 Å². The third-order valence-electron chi connectivity index (χ3n) is 3.72. The van der Waals surface area contributed by atoms with Crippen molar-refractivity contribution in [1.29, 1.82) is 0 Å². The lowest BCUT2D eigenvalue weighted by Gasteiger charge is -2.35. The second-order valence-corrected chi connectivity index (χ2v) is 6.34. The van der Waals surface area contributed by atoms with Gasteiger partial charge in [0, 0.05) is 16.2 Å². The fourth-order valence-electron chi connectivity index (χ4n) is 2.43. The van der Waals surface area contributed by atoms with Crippen LogP contribution in [0.3, 0.4) is 0 Å². The van der Waals surface area contributed by atoms with Crippen LogP contribution in [0, 0.1) is 11.6 Å². The summed E-state index contributed by atoms with van der Waals surface area (Å²) in [6.07, 6.45) is 2.07. The van der Waals surface area contributed by atoms with E-state index in [0.717, 1.165) is 29.3 Å². The van der Waals surface area contributed by atoms with Crippen molar-refractivity contribution in [3.05, 3.63) is 70.2 Å². The predicted octanol–water partition coefficient (Wildman–Crippen LogP) is 2.79. The summed E-state index contributed by atoms with van der Waals surface area (Å²) >= 11 is 3.07. The highest BCUT2D eigenvalue weighted by Gasteiger charge is 2.58. The summed E-state index contributed by atoms with van der Waals surface area (Å²) in [4.78, 5) is 3.59. The zero-order valence-electron chi connectivity index (χ0n) is 12.8. The zero-order chi connectivity index (χ0) is 18.9. The lowest BCUT2D eigenvalue weighted by molar-refractivity contribution is -0.207. The van der Waals surface area contributed by atoms with Crippen LogP contribution in [0.25, 0.3) is 0 Å². The van der Waals surface area contributed by atoms with E-state index in [-0.39, 0.29) is 0 Å². The highest BCUT2D eigenvalue weighted by molar-refractivity contribution is 9.10. The largest absolute Gasteiger partial charge is 0.377 e. The number of rotatable bonds is 5. The summed E-state index contributed by atoms with van der Waals surface area (Å²) in [5, 5.41) is 20.9. The van der Waals surface area contributed by atoms with Gasteiger partial charge in [-0.1, -0.05) is 0 Å². The van der Waals surface area contributed by atoms with Crippen LogP contribution in [-0.4, -0.2) is 30.3 Å². The molecule has 0 aliphatic heterocycles. The van der Waals surface area contributed by atoms with Gasteiger partial charge in [0.25, 0.3) is 0 Å². The quantitative estimate of drug-likeness (QED) is 0.628. The molecule has 2 heterocycles. The van der Waals surface area contributed by atoms with E-state index < -0.39 is 41.0 Å². The lowest BCUT2D eigenvalue weighted by atomic mass is 9.84. The van der Waals surface area contributed by atoms with E-state index in [4.69, 9.17) is 0 Å². The smallest absolute Gasteiger partial charge is 0.323 e. The van der Waals surface area contributed by atoms with Crippen LogP contribution >= 0.6 is 15.9 Å². The molecule has 0 saturated carbocycles. The molecule has 0 radical (unpaired) electrons. The van der Waals surface area contributed by atoms with Crippen molar-refractivity contribution in [3.63, 3.8) is 0 Å². The minimum Gasteiger partial charge on any atom is -0.377 e. The van der Waals surface area contributed by atoms with Gasteiger partial charge in [-0.25, -0.2) is 13.5 Å². The molecule has 11 heteroatoms. The Balaban J connectivity index is 2.19. The van der Waals surface area contributed by atoms with E-state index in [0.29, 0.717) is 16.6 Å². The Hall–Kier alpha value is -2.40. The van der Waals surface area contributed by atoms with Gasteiger partial charge in [0.1, 0.15) is 23.7 Å². The normalized spacial score (nSPS) is 14.2. The van der Waals surface area contributed by atoms with Gasteiger partial charge in [0.15, 0.2) is 5.60 Å². The van der Waals surface area contributed by atoms with Gasteiger partial charge >= 0.3 is 5.92 Å². The number of nitrogens with zero attached hydrogens (tertiary/aromatic N) is 5. The Bertz CT molecular complexity index is 907. The number of hydrogen-bond acceptors (Lipinski definition) is 5. The zero-order valence-corrected chi connectivity index (χ0v) is 14.4. The third kappa shape index (κ3) is 3.19. The number of aliphatic hydroxyl groups is 1. The Kier molecular flexibility index (Phi) is 4.76. The van der Waals surface area contributed by atoms with E-state index >= 15 is 8.78 Å². The van der Waals surface area contributed by atoms with Gasteiger partial charge in [0.2, 0.25) is 0 Å². The summed E-state index contributed by atoms with van der Waals surface area (Å²) in [6, 6.07) is 4.17. The Labute approximate surface area is 152 Å². The van der Waals surface area contributed by atoms with Crippen LogP contribution in [0.1, 0.15) is 11.3 Å². The summed E-state index contributed by atoms with van der Waals surface area (Å²) in [6.45, 7) is -0.939. The van der Waals surface area contributed by atoms with Crippen LogP contribution in [0.2, 0.25) is 0 Å². The number of pyridine rings is 1. The van der Waals surface area contributed by atoms with Gasteiger partial charge in [-0.2, -0.15) is 8.78 Å². The molecule has 1 aromatic carbocycles. The highest BCUT2D eigenvalue weighted by Crippen LogP contribution is 2.46. The fourth-order valence-corrected chi connectivity index (χ4v) is 2.66. The minimum absolute atomic E-state index is 0.429.